The lowest BCUT2D eigenvalue weighted by Crippen LogP contribution is -2.19. The van der Waals surface area contributed by atoms with Gasteiger partial charge in [0, 0.05) is 25.4 Å². The van der Waals surface area contributed by atoms with Crippen molar-refractivity contribution in [3.63, 3.8) is 0 Å². The smallest absolute Gasteiger partial charge is 0.275 e. The first kappa shape index (κ1) is 13.8. The molecule has 1 N–H and O–H groups in total. The molecule has 0 unspecified atom stereocenters. The molecule has 1 saturated heterocycles. The molecule has 1 amide bonds. The quantitative estimate of drug-likeness (QED) is 0.934. The van der Waals surface area contributed by atoms with Gasteiger partial charge in [0.05, 0.1) is 6.20 Å². The lowest BCUT2D eigenvalue weighted by atomic mass is 10.1. The molecule has 3 heterocycles. The number of aryl methyl sites for hydroxylation is 1. The summed E-state index contributed by atoms with van der Waals surface area (Å²) >= 11 is 0. The van der Waals surface area contributed by atoms with Gasteiger partial charge in [0.1, 0.15) is 11.5 Å². The van der Waals surface area contributed by atoms with Crippen LogP contribution in [0.3, 0.4) is 0 Å². The van der Waals surface area contributed by atoms with E-state index in [0.29, 0.717) is 17.6 Å². The molecule has 110 valence electrons. The third kappa shape index (κ3) is 2.80. The molecule has 2 aromatic rings. The number of carbonyl (C=O) groups excluding carboxylic acids is 1. The van der Waals surface area contributed by atoms with E-state index in [4.69, 9.17) is 0 Å². The molecule has 0 aromatic carbocycles. The van der Waals surface area contributed by atoms with E-state index in [9.17, 15) is 4.79 Å². The van der Waals surface area contributed by atoms with E-state index in [1.54, 1.807) is 30.2 Å². The van der Waals surface area contributed by atoms with E-state index in [2.05, 4.69) is 27.3 Å². The Hall–Kier alpha value is -2.21. The number of rotatable bonds is 3. The van der Waals surface area contributed by atoms with Gasteiger partial charge >= 0.3 is 0 Å². The van der Waals surface area contributed by atoms with Gasteiger partial charge in [-0.25, -0.2) is 0 Å². The molecule has 6 heteroatoms. The number of likely N-dealkylation sites (tertiary alicyclic amines) is 1. The molecule has 3 rings (SSSR count). The molecule has 21 heavy (non-hydrogen) atoms. The lowest BCUT2D eigenvalue weighted by molar-refractivity contribution is 0.102. The van der Waals surface area contributed by atoms with Crippen molar-refractivity contribution in [1.82, 2.24) is 19.7 Å². The molecule has 1 fully saturated rings. The van der Waals surface area contributed by atoms with Gasteiger partial charge < -0.3 is 5.32 Å². The Bertz CT molecular complexity index is 651. The maximum atomic E-state index is 12.3. The molecule has 0 radical (unpaired) electrons. The van der Waals surface area contributed by atoms with E-state index in [1.165, 1.54) is 6.42 Å². The zero-order chi connectivity index (χ0) is 14.8. The van der Waals surface area contributed by atoms with Crippen LogP contribution in [0.5, 0.6) is 0 Å². The van der Waals surface area contributed by atoms with Crippen molar-refractivity contribution < 1.29 is 4.79 Å². The van der Waals surface area contributed by atoms with Crippen LogP contribution < -0.4 is 5.32 Å². The first-order chi connectivity index (χ1) is 10.1. The summed E-state index contributed by atoms with van der Waals surface area (Å²) in [7, 11) is 3.90. The average Bonchev–Trinajstić information content (AvgIpc) is 3.08. The second-order valence-electron chi connectivity index (χ2n) is 5.41. The summed E-state index contributed by atoms with van der Waals surface area (Å²) in [5.41, 5.74) is 1.59. The van der Waals surface area contributed by atoms with Gasteiger partial charge in [-0.3, -0.25) is 19.4 Å². The molecular weight excluding hydrogens is 266 g/mol. The third-order valence-electron chi connectivity index (χ3n) is 3.98. The van der Waals surface area contributed by atoms with Gasteiger partial charge in [-0.2, -0.15) is 5.10 Å². The molecule has 0 bridgehead atoms. The molecule has 0 spiro atoms. The fourth-order valence-electron chi connectivity index (χ4n) is 2.79. The Balaban J connectivity index is 1.79. The van der Waals surface area contributed by atoms with Gasteiger partial charge in [0.25, 0.3) is 5.91 Å². The minimum Gasteiger partial charge on any atom is -0.305 e. The number of hydrogen-bond acceptors (Lipinski definition) is 4. The molecule has 6 nitrogen and oxygen atoms in total. The summed E-state index contributed by atoms with van der Waals surface area (Å²) in [6, 6.07) is 6.02. The summed E-state index contributed by atoms with van der Waals surface area (Å²) < 4.78 is 1.62. The van der Waals surface area contributed by atoms with Gasteiger partial charge in [0.2, 0.25) is 0 Å². The Morgan fingerprint density at radius 3 is 2.86 bits per heavy atom. The summed E-state index contributed by atoms with van der Waals surface area (Å²) in [5.74, 6) is 0.450. The number of carbonyl (C=O) groups is 1. The van der Waals surface area contributed by atoms with E-state index in [0.717, 1.165) is 18.5 Å². The predicted octanol–water partition coefficient (Wildman–Crippen LogP) is 1.83. The predicted molar refractivity (Wildman–Crippen MR) is 80.0 cm³/mol. The number of hydrogen-bond donors (Lipinski definition) is 1. The minimum atomic E-state index is -0.207. The Morgan fingerprint density at radius 1 is 1.33 bits per heavy atom. The molecule has 0 saturated carbocycles. The van der Waals surface area contributed by atoms with Crippen molar-refractivity contribution in [1.29, 1.82) is 0 Å². The van der Waals surface area contributed by atoms with Crippen LogP contribution in [0.1, 0.15) is 34.9 Å². The monoisotopic (exact) mass is 285 g/mol. The van der Waals surface area contributed by atoms with E-state index in [-0.39, 0.29) is 5.91 Å². The zero-order valence-electron chi connectivity index (χ0n) is 12.3. The standard InChI is InChI=1S/C15H19N5O/c1-19-9-3-4-13(19)11-5-7-16-12(10-11)15(21)18-14-6-8-17-20(14)2/h5-8,10,13H,3-4,9H2,1-2H3,(H,18,21)/t13-/m0/s1. The average molecular weight is 285 g/mol. The third-order valence-corrected chi connectivity index (χ3v) is 3.98. The first-order valence-electron chi connectivity index (χ1n) is 7.10. The van der Waals surface area contributed by atoms with Crippen molar-refractivity contribution in [3.05, 3.63) is 41.9 Å². The van der Waals surface area contributed by atoms with Gasteiger partial charge in [0.15, 0.2) is 0 Å². The van der Waals surface area contributed by atoms with Crippen molar-refractivity contribution in [2.75, 3.05) is 18.9 Å². The topological polar surface area (TPSA) is 63.1 Å². The van der Waals surface area contributed by atoms with E-state index >= 15 is 0 Å². The van der Waals surface area contributed by atoms with E-state index < -0.39 is 0 Å². The van der Waals surface area contributed by atoms with Crippen LogP contribution in [0, 0.1) is 0 Å². The molecule has 2 aromatic heterocycles. The number of nitrogens with zero attached hydrogens (tertiary/aromatic N) is 4. The normalized spacial score (nSPS) is 18.9. The molecule has 1 atom stereocenters. The van der Waals surface area contributed by atoms with Crippen LogP contribution in [-0.4, -0.2) is 39.2 Å². The van der Waals surface area contributed by atoms with Gasteiger partial charge in [-0.15, -0.1) is 0 Å². The largest absolute Gasteiger partial charge is 0.305 e. The van der Waals surface area contributed by atoms with Crippen molar-refractivity contribution >= 4 is 11.7 Å². The van der Waals surface area contributed by atoms with Crippen molar-refractivity contribution in [3.8, 4) is 0 Å². The highest BCUT2D eigenvalue weighted by atomic mass is 16.2. The molecular formula is C15H19N5O. The van der Waals surface area contributed by atoms with Crippen LogP contribution >= 0.6 is 0 Å². The summed E-state index contributed by atoms with van der Waals surface area (Å²) in [6.45, 7) is 1.10. The van der Waals surface area contributed by atoms with Crippen molar-refractivity contribution in [2.45, 2.75) is 18.9 Å². The van der Waals surface area contributed by atoms with Crippen LogP contribution in [0.25, 0.3) is 0 Å². The zero-order valence-corrected chi connectivity index (χ0v) is 12.3. The van der Waals surface area contributed by atoms with E-state index in [1.807, 2.05) is 12.1 Å². The fourth-order valence-corrected chi connectivity index (χ4v) is 2.79. The lowest BCUT2D eigenvalue weighted by Gasteiger charge is -2.19. The summed E-state index contributed by atoms with van der Waals surface area (Å²) in [4.78, 5) is 18.8. The Labute approximate surface area is 123 Å². The Morgan fingerprint density at radius 2 is 2.19 bits per heavy atom. The van der Waals surface area contributed by atoms with Crippen LogP contribution in [0.2, 0.25) is 0 Å². The van der Waals surface area contributed by atoms with Gasteiger partial charge in [-0.05, 0) is 44.1 Å². The van der Waals surface area contributed by atoms with Gasteiger partial charge in [-0.1, -0.05) is 0 Å². The highest BCUT2D eigenvalue weighted by molar-refractivity contribution is 6.02. The number of pyridine rings is 1. The SMILES string of the molecule is CN1CCC[C@H]1c1ccnc(C(=O)Nc2ccnn2C)c1. The highest BCUT2D eigenvalue weighted by Crippen LogP contribution is 2.30. The number of amides is 1. The van der Waals surface area contributed by atoms with Crippen molar-refractivity contribution in [2.24, 2.45) is 7.05 Å². The minimum absolute atomic E-state index is 0.207. The Kier molecular flexibility index (Phi) is 3.70. The number of aromatic nitrogens is 3. The number of nitrogens with one attached hydrogen (secondary N) is 1. The van der Waals surface area contributed by atoms with Crippen LogP contribution in [0.15, 0.2) is 30.6 Å². The molecule has 0 aliphatic carbocycles. The maximum Gasteiger partial charge on any atom is 0.275 e. The second kappa shape index (κ2) is 5.65. The molecule has 1 aliphatic rings. The fraction of sp³-hybridized carbons (Fsp3) is 0.400. The highest BCUT2D eigenvalue weighted by Gasteiger charge is 2.23. The van der Waals surface area contributed by atoms with Crippen LogP contribution in [-0.2, 0) is 7.05 Å². The number of anilines is 1. The summed E-state index contributed by atoms with van der Waals surface area (Å²) in [5, 5.41) is 6.85. The van der Waals surface area contributed by atoms with Crippen LogP contribution in [0.4, 0.5) is 5.82 Å². The molecule has 1 aliphatic heterocycles. The second-order valence-corrected chi connectivity index (χ2v) is 5.41. The maximum absolute atomic E-state index is 12.3. The summed E-state index contributed by atoms with van der Waals surface area (Å²) in [6.07, 6.45) is 5.68. The first-order valence-corrected chi connectivity index (χ1v) is 7.10.